The van der Waals surface area contributed by atoms with Gasteiger partial charge < -0.3 is 9.64 Å². The number of hydrogen-bond acceptors (Lipinski definition) is 6. The smallest absolute Gasteiger partial charge is 0.309 e. The fourth-order valence-electron chi connectivity index (χ4n) is 6.84. The molecule has 1 aromatic heterocycles. The normalized spacial score (nSPS) is 32.6. The molecule has 4 saturated carbocycles. The molecule has 1 aromatic rings. The average Bonchev–Trinajstić information content (AvgIpc) is 2.76. The molecule has 6 rings (SSSR count). The molecule has 0 atom stereocenters. The van der Waals surface area contributed by atoms with Crippen molar-refractivity contribution in [3.8, 4) is 6.07 Å². The van der Waals surface area contributed by atoms with E-state index in [2.05, 4.69) is 16.0 Å². The lowest BCUT2D eigenvalue weighted by Crippen LogP contribution is -2.51. The van der Waals surface area contributed by atoms with Gasteiger partial charge in [0, 0.05) is 24.7 Å². The minimum absolute atomic E-state index is 0.0393. The van der Waals surface area contributed by atoms with Crippen LogP contribution in [0.4, 0.5) is 5.82 Å². The summed E-state index contributed by atoms with van der Waals surface area (Å²) in [6.07, 6.45) is 9.95. The molecule has 0 spiro atoms. The molecule has 5 aliphatic rings. The maximum Gasteiger partial charge on any atom is 0.309 e. The van der Waals surface area contributed by atoms with Gasteiger partial charge in [0.25, 0.3) is 0 Å². The standard InChI is InChI=1S/C24H29N3O3/c25-13-16-1-2-22(26-14-16)27-5-3-20(4-6-27)23(29)30-15-21(28)24-10-17-7-18(11-24)9-19(8-17)12-24/h1-2,14,17-20H,3-12,15H2. The van der Waals surface area contributed by atoms with E-state index in [-0.39, 0.29) is 29.7 Å². The second-order valence-corrected chi connectivity index (χ2v) is 10.0. The first-order chi connectivity index (χ1) is 14.5. The average molecular weight is 408 g/mol. The Morgan fingerprint density at radius 3 is 2.27 bits per heavy atom. The molecule has 1 saturated heterocycles. The van der Waals surface area contributed by atoms with Crippen LogP contribution < -0.4 is 4.90 Å². The summed E-state index contributed by atoms with van der Waals surface area (Å²) < 4.78 is 5.55. The second kappa shape index (κ2) is 7.68. The van der Waals surface area contributed by atoms with E-state index in [9.17, 15) is 9.59 Å². The largest absolute Gasteiger partial charge is 0.457 e. The number of nitrogens with zero attached hydrogens (tertiary/aromatic N) is 3. The number of nitriles is 1. The Morgan fingerprint density at radius 2 is 1.73 bits per heavy atom. The Bertz CT molecular complexity index is 829. The van der Waals surface area contributed by atoms with Gasteiger partial charge in [0.1, 0.15) is 11.9 Å². The van der Waals surface area contributed by atoms with Crippen LogP contribution in [-0.4, -0.2) is 36.4 Å². The highest BCUT2D eigenvalue weighted by Crippen LogP contribution is 2.60. The maximum atomic E-state index is 13.1. The van der Waals surface area contributed by atoms with Gasteiger partial charge in [0.05, 0.1) is 11.5 Å². The minimum Gasteiger partial charge on any atom is -0.457 e. The first-order valence-electron chi connectivity index (χ1n) is 11.4. The van der Waals surface area contributed by atoms with Gasteiger partial charge in [-0.15, -0.1) is 0 Å². The van der Waals surface area contributed by atoms with Crippen molar-refractivity contribution in [2.45, 2.75) is 51.4 Å². The van der Waals surface area contributed by atoms with Crippen LogP contribution in [-0.2, 0) is 14.3 Å². The van der Waals surface area contributed by atoms with Crippen molar-refractivity contribution in [1.29, 1.82) is 5.26 Å². The van der Waals surface area contributed by atoms with Gasteiger partial charge in [-0.05, 0) is 81.3 Å². The van der Waals surface area contributed by atoms with Gasteiger partial charge in [0.2, 0.25) is 0 Å². The van der Waals surface area contributed by atoms with E-state index in [1.54, 1.807) is 12.3 Å². The van der Waals surface area contributed by atoms with E-state index in [1.165, 1.54) is 19.3 Å². The molecule has 0 unspecified atom stereocenters. The number of ether oxygens (including phenoxy) is 1. The fraction of sp³-hybridized carbons (Fsp3) is 0.667. The van der Waals surface area contributed by atoms with E-state index < -0.39 is 0 Å². The van der Waals surface area contributed by atoms with Crippen molar-refractivity contribution >= 4 is 17.6 Å². The molecule has 4 aliphatic carbocycles. The molecule has 4 bridgehead atoms. The van der Waals surface area contributed by atoms with Crippen LogP contribution in [0.2, 0.25) is 0 Å². The number of ketones is 1. The van der Waals surface area contributed by atoms with Crippen LogP contribution in [0.5, 0.6) is 0 Å². The summed E-state index contributed by atoms with van der Waals surface area (Å²) in [6, 6.07) is 5.68. The van der Waals surface area contributed by atoms with Crippen LogP contribution in [0.15, 0.2) is 18.3 Å². The summed E-state index contributed by atoms with van der Waals surface area (Å²) in [4.78, 5) is 32.1. The number of carbonyl (C=O) groups excluding carboxylic acids is 2. The lowest BCUT2D eigenvalue weighted by molar-refractivity contribution is -0.160. The molecule has 5 fully saturated rings. The lowest BCUT2D eigenvalue weighted by atomic mass is 9.48. The number of anilines is 1. The van der Waals surface area contributed by atoms with Crippen LogP contribution in [0, 0.1) is 40.4 Å². The first-order valence-corrected chi connectivity index (χ1v) is 11.4. The first kappa shape index (κ1) is 19.5. The zero-order valence-electron chi connectivity index (χ0n) is 17.4. The van der Waals surface area contributed by atoms with Crippen LogP contribution in [0.25, 0.3) is 0 Å². The highest BCUT2D eigenvalue weighted by Gasteiger charge is 2.54. The third-order valence-electron chi connectivity index (χ3n) is 8.00. The van der Waals surface area contributed by atoms with E-state index in [1.807, 2.05) is 6.07 Å². The van der Waals surface area contributed by atoms with Gasteiger partial charge in [0.15, 0.2) is 12.4 Å². The van der Waals surface area contributed by atoms with Gasteiger partial charge >= 0.3 is 5.97 Å². The van der Waals surface area contributed by atoms with E-state index in [0.29, 0.717) is 18.4 Å². The fourth-order valence-corrected chi connectivity index (χ4v) is 6.84. The van der Waals surface area contributed by atoms with Crippen molar-refractivity contribution < 1.29 is 14.3 Å². The summed E-state index contributed by atoms with van der Waals surface area (Å²) in [5.41, 5.74) is 0.348. The van der Waals surface area contributed by atoms with Crippen molar-refractivity contribution in [2.24, 2.45) is 29.1 Å². The predicted octanol–water partition coefficient (Wildman–Crippen LogP) is 3.50. The molecule has 6 heteroatoms. The van der Waals surface area contributed by atoms with Crippen LogP contribution >= 0.6 is 0 Å². The quantitative estimate of drug-likeness (QED) is 0.695. The Hall–Kier alpha value is -2.42. The summed E-state index contributed by atoms with van der Waals surface area (Å²) >= 11 is 0. The highest BCUT2D eigenvalue weighted by atomic mass is 16.5. The Balaban J connectivity index is 1.12. The molecule has 0 radical (unpaired) electrons. The lowest BCUT2D eigenvalue weighted by Gasteiger charge is -2.55. The number of pyridine rings is 1. The topological polar surface area (TPSA) is 83.3 Å². The predicted molar refractivity (Wildman–Crippen MR) is 110 cm³/mol. The molecule has 0 amide bonds. The third-order valence-corrected chi connectivity index (χ3v) is 8.00. The van der Waals surface area contributed by atoms with Crippen molar-refractivity contribution in [2.75, 3.05) is 24.6 Å². The Labute approximate surface area is 177 Å². The second-order valence-electron chi connectivity index (χ2n) is 10.0. The monoisotopic (exact) mass is 407 g/mol. The number of Topliss-reactive ketones (excluding diaryl/α,β-unsaturated/α-hetero) is 1. The Kier molecular flexibility index (Phi) is 5.00. The van der Waals surface area contributed by atoms with Crippen molar-refractivity contribution in [1.82, 2.24) is 4.98 Å². The van der Waals surface area contributed by atoms with Gasteiger partial charge in [-0.1, -0.05) is 0 Å². The molecular weight excluding hydrogens is 378 g/mol. The molecular formula is C24H29N3O3. The number of carbonyl (C=O) groups is 2. The van der Waals surface area contributed by atoms with Gasteiger partial charge in [-0.2, -0.15) is 5.26 Å². The SMILES string of the molecule is N#Cc1ccc(N2CCC(C(=O)OCC(=O)C34CC5CC(CC(C5)C3)C4)CC2)nc1. The summed E-state index contributed by atoms with van der Waals surface area (Å²) in [5, 5.41) is 8.89. The van der Waals surface area contributed by atoms with E-state index in [4.69, 9.17) is 10.00 Å². The van der Waals surface area contributed by atoms with E-state index >= 15 is 0 Å². The summed E-state index contributed by atoms with van der Waals surface area (Å²) in [7, 11) is 0. The number of piperidine rings is 1. The molecule has 2 heterocycles. The summed E-state index contributed by atoms with van der Waals surface area (Å²) in [5.74, 6) is 2.79. The number of hydrogen-bond donors (Lipinski definition) is 0. The van der Waals surface area contributed by atoms with E-state index in [0.717, 1.165) is 55.9 Å². The number of rotatable bonds is 5. The zero-order valence-corrected chi connectivity index (χ0v) is 17.4. The van der Waals surface area contributed by atoms with Crippen LogP contribution in [0.1, 0.15) is 56.9 Å². The van der Waals surface area contributed by atoms with Crippen LogP contribution in [0.3, 0.4) is 0 Å². The molecule has 158 valence electrons. The Morgan fingerprint density at radius 1 is 1.10 bits per heavy atom. The van der Waals surface area contributed by atoms with Gasteiger partial charge in [-0.3, -0.25) is 9.59 Å². The van der Waals surface area contributed by atoms with Crippen molar-refractivity contribution in [3.05, 3.63) is 23.9 Å². The minimum atomic E-state index is -0.222. The molecule has 0 N–H and O–H groups in total. The zero-order chi connectivity index (χ0) is 20.7. The maximum absolute atomic E-state index is 13.1. The molecule has 1 aliphatic heterocycles. The summed E-state index contributed by atoms with van der Waals surface area (Å²) in [6.45, 7) is 1.41. The third kappa shape index (κ3) is 3.59. The van der Waals surface area contributed by atoms with Crippen molar-refractivity contribution in [3.63, 3.8) is 0 Å². The number of aromatic nitrogens is 1. The number of esters is 1. The highest BCUT2D eigenvalue weighted by molar-refractivity contribution is 5.88. The van der Waals surface area contributed by atoms with Gasteiger partial charge in [-0.25, -0.2) is 4.98 Å². The molecule has 30 heavy (non-hydrogen) atoms. The molecule has 6 nitrogen and oxygen atoms in total. The molecule has 0 aromatic carbocycles.